The number of carbonyl (C=O) groups is 1. The molecule has 0 N–H and O–H groups in total. The normalized spacial score (nSPS) is 18.6. The van der Waals surface area contributed by atoms with Gasteiger partial charge in [-0.05, 0) is 61.6 Å². The van der Waals surface area contributed by atoms with Crippen molar-refractivity contribution >= 4 is 17.5 Å². The summed E-state index contributed by atoms with van der Waals surface area (Å²) >= 11 is 6.07. The van der Waals surface area contributed by atoms with Crippen LogP contribution in [0.4, 0.5) is 8.78 Å². The van der Waals surface area contributed by atoms with Gasteiger partial charge < -0.3 is 9.42 Å². The van der Waals surface area contributed by atoms with Gasteiger partial charge in [0.1, 0.15) is 0 Å². The maximum atomic E-state index is 13.7. The van der Waals surface area contributed by atoms with Crippen LogP contribution in [-0.2, 0) is 10.2 Å². The average molecular weight is 472 g/mol. The number of piperidine rings is 1. The smallest absolute Gasteiger partial charge is 0.233 e. The monoisotopic (exact) mass is 471 g/mol. The minimum absolute atomic E-state index is 0.0238. The Labute approximate surface area is 195 Å². The standard InChI is InChI=1S/C25H24ClF2N3O2/c26-19-6-4-18(5-7-19)25(11-1-2-12-25)24(32)31-13-9-16(10-14-31)23-29-22(30-33-23)17-3-8-20(27)21(28)15-17/h3-8,15-16H,1-2,9-14H2. The van der Waals surface area contributed by atoms with Gasteiger partial charge in [-0.3, -0.25) is 4.79 Å². The first-order chi connectivity index (χ1) is 16.0. The predicted molar refractivity (Wildman–Crippen MR) is 120 cm³/mol. The molecule has 33 heavy (non-hydrogen) atoms. The van der Waals surface area contributed by atoms with Gasteiger partial charge in [-0.1, -0.05) is 41.7 Å². The van der Waals surface area contributed by atoms with Crippen molar-refractivity contribution in [2.75, 3.05) is 13.1 Å². The van der Waals surface area contributed by atoms with Crippen LogP contribution >= 0.6 is 11.6 Å². The van der Waals surface area contributed by atoms with Crippen LogP contribution in [0.1, 0.15) is 55.9 Å². The minimum atomic E-state index is -0.952. The van der Waals surface area contributed by atoms with Crippen LogP contribution in [0.5, 0.6) is 0 Å². The third kappa shape index (κ3) is 4.14. The number of benzene rings is 2. The lowest BCUT2D eigenvalue weighted by atomic mass is 9.77. The number of amides is 1. The molecule has 1 aliphatic heterocycles. The van der Waals surface area contributed by atoms with E-state index < -0.39 is 17.0 Å². The number of aromatic nitrogens is 2. The maximum absolute atomic E-state index is 13.7. The second-order valence-electron chi connectivity index (χ2n) is 8.95. The summed E-state index contributed by atoms with van der Waals surface area (Å²) in [5.41, 5.74) is 0.939. The van der Waals surface area contributed by atoms with Crippen LogP contribution in [0.3, 0.4) is 0 Å². The lowest BCUT2D eigenvalue weighted by molar-refractivity contribution is -0.138. The predicted octanol–water partition coefficient (Wildman–Crippen LogP) is 5.89. The molecule has 172 valence electrons. The van der Waals surface area contributed by atoms with E-state index in [1.165, 1.54) is 6.07 Å². The Morgan fingerprint density at radius 2 is 1.73 bits per heavy atom. The Kier molecular flexibility index (Phi) is 5.91. The van der Waals surface area contributed by atoms with Crippen LogP contribution in [0, 0.1) is 11.6 Å². The molecule has 0 spiro atoms. The Balaban J connectivity index is 1.28. The van der Waals surface area contributed by atoms with Crippen LogP contribution < -0.4 is 0 Å². The zero-order valence-electron chi connectivity index (χ0n) is 18.1. The van der Waals surface area contributed by atoms with Gasteiger partial charge in [-0.2, -0.15) is 4.98 Å². The molecular weight excluding hydrogens is 448 g/mol. The highest BCUT2D eigenvalue weighted by Gasteiger charge is 2.45. The first-order valence-corrected chi connectivity index (χ1v) is 11.7. The molecule has 0 atom stereocenters. The van der Waals surface area contributed by atoms with Crippen LogP contribution in [0.2, 0.25) is 5.02 Å². The van der Waals surface area contributed by atoms with Crippen molar-refractivity contribution in [3.63, 3.8) is 0 Å². The number of rotatable bonds is 4. The van der Waals surface area contributed by atoms with E-state index >= 15 is 0 Å². The summed E-state index contributed by atoms with van der Waals surface area (Å²) < 4.78 is 32.2. The van der Waals surface area contributed by atoms with E-state index in [9.17, 15) is 13.6 Å². The molecule has 8 heteroatoms. The summed E-state index contributed by atoms with van der Waals surface area (Å²) in [6.07, 6.45) is 5.21. The molecule has 2 fully saturated rings. The van der Waals surface area contributed by atoms with Gasteiger partial charge in [0.2, 0.25) is 17.6 Å². The molecule has 2 heterocycles. The van der Waals surface area contributed by atoms with Gasteiger partial charge in [-0.15, -0.1) is 0 Å². The lowest BCUT2D eigenvalue weighted by Crippen LogP contribution is -2.48. The highest BCUT2D eigenvalue weighted by molar-refractivity contribution is 6.30. The van der Waals surface area contributed by atoms with E-state index in [1.807, 2.05) is 29.2 Å². The Morgan fingerprint density at radius 3 is 2.39 bits per heavy atom. The maximum Gasteiger partial charge on any atom is 0.233 e. The summed E-state index contributed by atoms with van der Waals surface area (Å²) in [4.78, 5) is 20.0. The molecule has 0 bridgehead atoms. The fourth-order valence-electron chi connectivity index (χ4n) is 5.16. The second kappa shape index (κ2) is 8.86. The molecule has 5 rings (SSSR count). The first-order valence-electron chi connectivity index (χ1n) is 11.3. The first kappa shape index (κ1) is 22.0. The van der Waals surface area contributed by atoms with Crippen molar-refractivity contribution < 1.29 is 18.1 Å². The van der Waals surface area contributed by atoms with Gasteiger partial charge in [-0.25, -0.2) is 8.78 Å². The minimum Gasteiger partial charge on any atom is -0.342 e. The zero-order valence-corrected chi connectivity index (χ0v) is 18.8. The van der Waals surface area contributed by atoms with Gasteiger partial charge in [0.15, 0.2) is 11.6 Å². The number of hydrogen-bond acceptors (Lipinski definition) is 4. The van der Waals surface area contributed by atoms with E-state index in [0.717, 1.165) is 43.4 Å². The molecule has 1 saturated heterocycles. The number of carbonyl (C=O) groups excluding carboxylic acids is 1. The van der Waals surface area contributed by atoms with Crippen molar-refractivity contribution in [3.05, 3.63) is 70.6 Å². The summed E-state index contributed by atoms with van der Waals surface area (Å²) in [5.74, 6) is -0.958. The van der Waals surface area contributed by atoms with E-state index in [2.05, 4.69) is 10.1 Å². The van der Waals surface area contributed by atoms with Crippen molar-refractivity contribution in [1.29, 1.82) is 0 Å². The Bertz CT molecular complexity index is 1150. The third-order valence-electron chi connectivity index (χ3n) is 7.01. The quantitative estimate of drug-likeness (QED) is 0.476. The highest BCUT2D eigenvalue weighted by atomic mass is 35.5. The molecule has 2 aromatic carbocycles. The van der Waals surface area contributed by atoms with Crippen LogP contribution in [-0.4, -0.2) is 34.0 Å². The Hall–Kier alpha value is -2.80. The van der Waals surface area contributed by atoms with Crippen LogP contribution in [0.25, 0.3) is 11.4 Å². The zero-order chi connectivity index (χ0) is 23.0. The fraction of sp³-hybridized carbons (Fsp3) is 0.400. The van der Waals surface area contributed by atoms with Crippen molar-refractivity contribution in [1.82, 2.24) is 15.0 Å². The molecule has 2 aliphatic rings. The third-order valence-corrected chi connectivity index (χ3v) is 7.27. The average Bonchev–Trinajstić information content (AvgIpc) is 3.52. The van der Waals surface area contributed by atoms with Gasteiger partial charge in [0.25, 0.3) is 0 Å². The lowest BCUT2D eigenvalue weighted by Gasteiger charge is -2.38. The van der Waals surface area contributed by atoms with E-state index in [-0.39, 0.29) is 17.6 Å². The van der Waals surface area contributed by atoms with Gasteiger partial charge in [0, 0.05) is 29.6 Å². The van der Waals surface area contributed by atoms with Crippen LogP contribution in [0.15, 0.2) is 47.0 Å². The molecule has 1 saturated carbocycles. The summed E-state index contributed by atoms with van der Waals surface area (Å²) in [6, 6.07) is 11.2. The van der Waals surface area contributed by atoms with E-state index in [4.69, 9.17) is 16.1 Å². The molecule has 3 aromatic rings. The van der Waals surface area contributed by atoms with E-state index in [1.54, 1.807) is 0 Å². The van der Waals surface area contributed by atoms with Crippen molar-refractivity contribution in [2.24, 2.45) is 0 Å². The van der Waals surface area contributed by atoms with Crippen molar-refractivity contribution in [2.45, 2.75) is 49.9 Å². The molecule has 5 nitrogen and oxygen atoms in total. The number of halogens is 3. The SMILES string of the molecule is O=C(N1CCC(c2nc(-c3ccc(F)c(F)c3)no2)CC1)C1(c2ccc(Cl)cc2)CCCC1. The molecule has 1 aliphatic carbocycles. The molecule has 1 amide bonds. The summed E-state index contributed by atoms with van der Waals surface area (Å²) in [7, 11) is 0. The number of nitrogens with zero attached hydrogens (tertiary/aromatic N) is 3. The number of likely N-dealkylation sites (tertiary alicyclic amines) is 1. The Morgan fingerprint density at radius 1 is 1.03 bits per heavy atom. The molecular formula is C25H24ClF2N3O2. The largest absolute Gasteiger partial charge is 0.342 e. The summed E-state index contributed by atoms with van der Waals surface area (Å²) in [6.45, 7) is 1.23. The van der Waals surface area contributed by atoms with Gasteiger partial charge in [0.05, 0.1) is 5.41 Å². The van der Waals surface area contributed by atoms with Crippen molar-refractivity contribution in [3.8, 4) is 11.4 Å². The topological polar surface area (TPSA) is 59.2 Å². The highest BCUT2D eigenvalue weighted by Crippen LogP contribution is 2.44. The van der Waals surface area contributed by atoms with Gasteiger partial charge >= 0.3 is 0 Å². The van der Waals surface area contributed by atoms with E-state index in [0.29, 0.717) is 42.4 Å². The molecule has 0 unspecified atom stereocenters. The fourth-order valence-corrected chi connectivity index (χ4v) is 5.29. The molecule has 1 aromatic heterocycles. The number of hydrogen-bond donors (Lipinski definition) is 0. The second-order valence-corrected chi connectivity index (χ2v) is 9.38. The summed E-state index contributed by atoms with van der Waals surface area (Å²) in [5, 5.41) is 4.61. The molecule has 0 radical (unpaired) electrons.